The number of benzene rings is 4. The van der Waals surface area contributed by atoms with Gasteiger partial charge in [-0.2, -0.15) is 17.6 Å². The molecule has 0 heterocycles. The Morgan fingerprint density at radius 2 is 1.09 bits per heavy atom. The highest BCUT2D eigenvalue weighted by atomic mass is 19.3. The van der Waals surface area contributed by atoms with Gasteiger partial charge in [-0.25, -0.2) is 22.0 Å². The monoisotopic (exact) mass is 626 g/mol. The van der Waals surface area contributed by atoms with Crippen molar-refractivity contribution in [3.8, 4) is 22.6 Å². The third-order valence-electron chi connectivity index (χ3n) is 6.83. The Balaban J connectivity index is 1.45. The van der Waals surface area contributed by atoms with Crippen molar-refractivity contribution in [1.29, 1.82) is 0 Å². The van der Waals surface area contributed by atoms with Crippen LogP contribution in [0.4, 0.5) is 39.5 Å². The van der Waals surface area contributed by atoms with Crippen LogP contribution in [0.15, 0.2) is 72.8 Å². The summed E-state index contributed by atoms with van der Waals surface area (Å²) in [6.07, 6.45) is -3.33. The lowest BCUT2D eigenvalue weighted by molar-refractivity contribution is -0.189. The standard InChI is InChI=1S/C33H27F9O2/c1-2-3-4-5-6-7-20-8-13-25(29(36)16-20)32(39,40)44-23-11-14-26(30(37)19-23)33(41,42)43-22-10-12-24(28(35)18-22)21-9-15-27(34)31(38)17-21/h8-19H,2-7H2,1H3. The quantitative estimate of drug-likeness (QED) is 0.109. The molecule has 0 aliphatic heterocycles. The van der Waals surface area contributed by atoms with Crippen molar-refractivity contribution in [3.63, 3.8) is 0 Å². The van der Waals surface area contributed by atoms with E-state index in [1.807, 2.05) is 0 Å². The number of ether oxygens (including phenoxy) is 2. The van der Waals surface area contributed by atoms with E-state index in [0.717, 1.165) is 68.5 Å². The molecule has 4 rings (SSSR count). The van der Waals surface area contributed by atoms with Gasteiger partial charge in [0.25, 0.3) is 0 Å². The molecule has 0 aliphatic carbocycles. The van der Waals surface area contributed by atoms with Crippen molar-refractivity contribution in [1.82, 2.24) is 0 Å². The van der Waals surface area contributed by atoms with Crippen LogP contribution in [0.3, 0.4) is 0 Å². The third kappa shape index (κ3) is 7.86. The molecular weight excluding hydrogens is 599 g/mol. The van der Waals surface area contributed by atoms with Gasteiger partial charge in [0, 0.05) is 17.7 Å². The molecule has 0 atom stereocenters. The van der Waals surface area contributed by atoms with E-state index in [1.165, 1.54) is 6.07 Å². The van der Waals surface area contributed by atoms with Crippen LogP contribution < -0.4 is 9.47 Å². The topological polar surface area (TPSA) is 18.5 Å². The molecule has 0 bridgehead atoms. The zero-order valence-electron chi connectivity index (χ0n) is 23.4. The van der Waals surface area contributed by atoms with Crippen LogP contribution >= 0.6 is 0 Å². The maximum atomic E-state index is 14.8. The first-order chi connectivity index (χ1) is 20.8. The molecule has 0 aromatic heterocycles. The molecule has 0 radical (unpaired) electrons. The highest BCUT2D eigenvalue weighted by Crippen LogP contribution is 2.38. The lowest BCUT2D eigenvalue weighted by atomic mass is 10.0. The number of rotatable bonds is 13. The minimum atomic E-state index is -4.40. The minimum Gasteiger partial charge on any atom is -0.429 e. The second-order valence-electron chi connectivity index (χ2n) is 10.1. The van der Waals surface area contributed by atoms with E-state index >= 15 is 0 Å². The fourth-order valence-electron chi connectivity index (χ4n) is 4.54. The maximum Gasteiger partial charge on any atom is 0.429 e. The minimum absolute atomic E-state index is 0.0771. The summed E-state index contributed by atoms with van der Waals surface area (Å²) in [6.45, 7) is 2.07. The van der Waals surface area contributed by atoms with Crippen molar-refractivity contribution in [2.75, 3.05) is 0 Å². The summed E-state index contributed by atoms with van der Waals surface area (Å²) < 4.78 is 139. The van der Waals surface area contributed by atoms with E-state index in [0.29, 0.717) is 36.2 Å². The van der Waals surface area contributed by atoms with Crippen molar-refractivity contribution in [2.24, 2.45) is 0 Å². The van der Waals surface area contributed by atoms with E-state index < -0.39 is 63.9 Å². The largest absolute Gasteiger partial charge is 0.429 e. The summed E-state index contributed by atoms with van der Waals surface area (Å²) in [5.41, 5.74) is -2.30. The average Bonchev–Trinajstić information content (AvgIpc) is 2.94. The number of hydrogen-bond acceptors (Lipinski definition) is 2. The van der Waals surface area contributed by atoms with E-state index in [-0.39, 0.29) is 17.2 Å². The van der Waals surface area contributed by atoms with Gasteiger partial charge in [-0.05, 0) is 72.5 Å². The van der Waals surface area contributed by atoms with Crippen LogP contribution in [0.1, 0.15) is 55.7 Å². The van der Waals surface area contributed by atoms with Gasteiger partial charge in [0.15, 0.2) is 11.6 Å². The van der Waals surface area contributed by atoms with E-state index in [9.17, 15) is 39.5 Å². The van der Waals surface area contributed by atoms with Crippen LogP contribution in [0.5, 0.6) is 11.5 Å². The van der Waals surface area contributed by atoms with Gasteiger partial charge in [-0.3, -0.25) is 0 Å². The van der Waals surface area contributed by atoms with Crippen LogP contribution in [0, 0.1) is 29.1 Å². The summed E-state index contributed by atoms with van der Waals surface area (Å²) in [7, 11) is 0. The molecule has 0 unspecified atom stereocenters. The van der Waals surface area contributed by atoms with Crippen molar-refractivity contribution < 1.29 is 49.0 Å². The Hall–Kier alpha value is -4.15. The fraction of sp³-hybridized carbons (Fsp3) is 0.273. The zero-order chi connectivity index (χ0) is 32.1. The molecule has 234 valence electrons. The maximum absolute atomic E-state index is 14.8. The number of aryl methyl sites for hydroxylation is 1. The predicted octanol–water partition coefficient (Wildman–Crippen LogP) is 10.8. The number of halogens is 9. The first kappa shape index (κ1) is 32.8. The average molecular weight is 627 g/mol. The molecular formula is C33H27F9O2. The Morgan fingerprint density at radius 3 is 1.66 bits per heavy atom. The molecule has 0 amide bonds. The predicted molar refractivity (Wildman–Crippen MR) is 146 cm³/mol. The molecule has 0 spiro atoms. The molecule has 4 aromatic rings. The summed E-state index contributed by atoms with van der Waals surface area (Å²) >= 11 is 0. The normalized spacial score (nSPS) is 12.0. The van der Waals surface area contributed by atoms with Crippen LogP contribution in [0.25, 0.3) is 11.1 Å². The lowest BCUT2D eigenvalue weighted by Crippen LogP contribution is -2.25. The molecule has 4 aromatic carbocycles. The van der Waals surface area contributed by atoms with Crippen LogP contribution in [-0.2, 0) is 18.6 Å². The SMILES string of the molecule is CCCCCCCc1ccc(C(F)(F)Oc2ccc(C(F)(F)Oc3ccc(-c4ccc(F)c(F)c4)c(F)c3)c(F)c2)c(F)c1. The summed E-state index contributed by atoms with van der Waals surface area (Å²) in [5.74, 6) is -8.08. The smallest absolute Gasteiger partial charge is 0.429 e. The lowest BCUT2D eigenvalue weighted by Gasteiger charge is -2.21. The second-order valence-corrected chi connectivity index (χ2v) is 10.1. The van der Waals surface area contributed by atoms with E-state index in [1.54, 1.807) is 0 Å². The van der Waals surface area contributed by atoms with Gasteiger partial charge >= 0.3 is 12.2 Å². The second kappa shape index (κ2) is 13.7. The molecule has 11 heteroatoms. The van der Waals surface area contributed by atoms with Gasteiger partial charge in [0.1, 0.15) is 34.5 Å². The number of hydrogen-bond donors (Lipinski definition) is 0. The summed E-state index contributed by atoms with van der Waals surface area (Å²) in [6, 6.07) is 9.45. The molecule has 2 nitrogen and oxygen atoms in total. The van der Waals surface area contributed by atoms with E-state index in [4.69, 9.17) is 0 Å². The molecule has 44 heavy (non-hydrogen) atoms. The first-order valence-corrected chi connectivity index (χ1v) is 13.8. The summed E-state index contributed by atoms with van der Waals surface area (Å²) in [4.78, 5) is 0. The third-order valence-corrected chi connectivity index (χ3v) is 6.83. The molecule has 0 fully saturated rings. The van der Waals surface area contributed by atoms with Gasteiger partial charge in [-0.15, -0.1) is 0 Å². The van der Waals surface area contributed by atoms with Crippen molar-refractivity contribution in [3.05, 3.63) is 119 Å². The van der Waals surface area contributed by atoms with Crippen molar-refractivity contribution >= 4 is 0 Å². The van der Waals surface area contributed by atoms with E-state index in [2.05, 4.69) is 16.4 Å². The Kier molecular flexibility index (Phi) is 10.2. The van der Waals surface area contributed by atoms with Gasteiger partial charge in [0.05, 0.1) is 5.56 Å². The zero-order valence-corrected chi connectivity index (χ0v) is 23.4. The number of alkyl halides is 4. The number of unbranched alkanes of at least 4 members (excludes halogenated alkanes) is 4. The molecule has 0 saturated carbocycles. The van der Waals surface area contributed by atoms with Gasteiger partial charge < -0.3 is 9.47 Å². The summed E-state index contributed by atoms with van der Waals surface area (Å²) in [5, 5.41) is 0. The fourth-order valence-corrected chi connectivity index (χ4v) is 4.54. The van der Waals surface area contributed by atoms with Gasteiger partial charge in [0.2, 0.25) is 0 Å². The molecule has 0 N–H and O–H groups in total. The van der Waals surface area contributed by atoms with Crippen LogP contribution in [-0.4, -0.2) is 0 Å². The highest BCUT2D eigenvalue weighted by molar-refractivity contribution is 5.65. The first-order valence-electron chi connectivity index (χ1n) is 13.8. The molecule has 0 saturated heterocycles. The van der Waals surface area contributed by atoms with Gasteiger partial charge in [-0.1, -0.05) is 44.7 Å². The Bertz CT molecular complexity index is 1600. The van der Waals surface area contributed by atoms with Crippen LogP contribution in [0.2, 0.25) is 0 Å². The Morgan fingerprint density at radius 1 is 0.523 bits per heavy atom. The highest BCUT2D eigenvalue weighted by Gasteiger charge is 2.40. The van der Waals surface area contributed by atoms with Crippen molar-refractivity contribution in [2.45, 2.75) is 57.7 Å². The molecule has 0 aliphatic rings. The Labute approximate surface area is 248 Å².